The van der Waals surface area contributed by atoms with Gasteiger partial charge in [0.2, 0.25) is 0 Å². The number of aromatic nitrogens is 2. The van der Waals surface area contributed by atoms with E-state index in [1.165, 1.54) is 0 Å². The van der Waals surface area contributed by atoms with Gasteiger partial charge in [-0.1, -0.05) is 54.6 Å². The van der Waals surface area contributed by atoms with Gasteiger partial charge in [0, 0.05) is 24.2 Å². The zero-order chi connectivity index (χ0) is 25.5. The van der Waals surface area contributed by atoms with Gasteiger partial charge < -0.3 is 14.4 Å². The van der Waals surface area contributed by atoms with Crippen LogP contribution >= 0.6 is 0 Å². The zero-order valence-electron chi connectivity index (χ0n) is 20.1. The molecule has 0 N–H and O–H groups in total. The Labute approximate surface area is 215 Å². The normalized spacial score (nSPS) is 14.9. The molecule has 37 heavy (non-hydrogen) atoms. The summed E-state index contributed by atoms with van der Waals surface area (Å²) >= 11 is 0. The van der Waals surface area contributed by atoms with Gasteiger partial charge >= 0.3 is 0 Å². The Morgan fingerprint density at radius 1 is 0.946 bits per heavy atom. The molecular weight excluding hydrogens is 460 g/mol. The predicted molar refractivity (Wildman–Crippen MR) is 143 cm³/mol. The minimum absolute atomic E-state index is 0.381. The van der Waals surface area contributed by atoms with Crippen molar-refractivity contribution in [1.82, 2.24) is 9.97 Å². The number of anilines is 1. The van der Waals surface area contributed by atoms with E-state index < -0.39 is 6.04 Å². The van der Waals surface area contributed by atoms with Gasteiger partial charge in [-0.05, 0) is 52.6 Å². The molecule has 6 heteroatoms. The van der Waals surface area contributed by atoms with Crippen molar-refractivity contribution in [2.45, 2.75) is 19.3 Å². The molecule has 0 aliphatic carbocycles. The Morgan fingerprint density at radius 3 is 2.51 bits per heavy atom. The minimum atomic E-state index is -0.649. The van der Waals surface area contributed by atoms with E-state index in [9.17, 15) is 10.1 Å². The van der Waals surface area contributed by atoms with Crippen molar-refractivity contribution in [1.29, 1.82) is 5.26 Å². The number of carbonyl (C=O) groups is 1. The summed E-state index contributed by atoms with van der Waals surface area (Å²) in [5, 5.41) is 9.75. The third-order valence-electron chi connectivity index (χ3n) is 6.11. The molecule has 3 heterocycles. The molecule has 1 aliphatic rings. The van der Waals surface area contributed by atoms with Crippen LogP contribution in [0.3, 0.4) is 0 Å². The minimum Gasteiger partial charge on any atom is -0.372 e. The summed E-state index contributed by atoms with van der Waals surface area (Å²) in [5.41, 5.74) is 6.25. The third kappa shape index (κ3) is 5.37. The maximum Gasteiger partial charge on any atom is 0.147 e. The number of hydrogen-bond donors (Lipinski definition) is 0. The first-order chi connectivity index (χ1) is 18.3. The van der Waals surface area contributed by atoms with Gasteiger partial charge in [-0.3, -0.25) is 9.97 Å². The van der Waals surface area contributed by atoms with E-state index in [4.69, 9.17) is 4.74 Å². The van der Waals surface area contributed by atoms with Crippen molar-refractivity contribution in [2.75, 3.05) is 4.90 Å². The number of hydrogen-bond acceptors (Lipinski definition) is 6. The van der Waals surface area contributed by atoms with Gasteiger partial charge in [0.15, 0.2) is 0 Å². The summed E-state index contributed by atoms with van der Waals surface area (Å²) in [6.45, 7) is 0.874. The van der Waals surface area contributed by atoms with E-state index in [2.05, 4.69) is 16.0 Å². The fraction of sp³-hybridized carbons (Fsp3) is 0.0968. The summed E-state index contributed by atoms with van der Waals surface area (Å²) in [4.78, 5) is 23.4. The molecule has 1 aliphatic heterocycles. The Kier molecular flexibility index (Phi) is 7.26. The van der Waals surface area contributed by atoms with E-state index in [-0.39, 0.29) is 0 Å². The van der Waals surface area contributed by atoms with Crippen LogP contribution < -0.4 is 4.90 Å². The SMILES string of the molecule is N#Cc1ccccc1C1=CC(c2ccccn2)=CN(c2cncc(COCc3ccccc3)c2)C1C=O. The quantitative estimate of drug-likeness (QED) is 0.304. The van der Waals surface area contributed by atoms with Crippen molar-refractivity contribution >= 4 is 23.1 Å². The first kappa shape index (κ1) is 23.9. The molecular formula is C31H24N4O2. The van der Waals surface area contributed by atoms with Crippen molar-refractivity contribution in [3.8, 4) is 6.07 Å². The Balaban J connectivity index is 1.50. The molecule has 6 nitrogen and oxygen atoms in total. The standard InChI is InChI=1S/C31H24N4O2/c32-16-25-10-4-5-11-28(25)29-15-26(30-12-6-7-13-34-30)19-35(31(29)20-36)27-14-24(17-33-18-27)22-37-21-23-8-2-1-3-9-23/h1-15,17-20,31H,21-22H2. The van der Waals surface area contributed by atoms with Crippen molar-refractivity contribution in [3.05, 3.63) is 138 Å². The smallest absolute Gasteiger partial charge is 0.147 e. The average molecular weight is 485 g/mol. The number of rotatable bonds is 8. The summed E-state index contributed by atoms with van der Waals surface area (Å²) < 4.78 is 5.91. The Bertz CT molecular complexity index is 1490. The number of pyridine rings is 2. The molecule has 0 amide bonds. The van der Waals surface area contributed by atoms with E-state index >= 15 is 0 Å². The van der Waals surface area contributed by atoms with Crippen LogP contribution in [0.1, 0.15) is 27.9 Å². The molecule has 2 aromatic heterocycles. The molecule has 0 saturated heterocycles. The average Bonchev–Trinajstić information content (AvgIpc) is 2.97. The molecule has 5 rings (SSSR count). The lowest BCUT2D eigenvalue weighted by molar-refractivity contribution is -0.107. The van der Waals surface area contributed by atoms with Gasteiger partial charge in [0.25, 0.3) is 0 Å². The predicted octanol–water partition coefficient (Wildman–Crippen LogP) is 5.58. The summed E-state index contributed by atoms with van der Waals surface area (Å²) in [6, 6.07) is 26.6. The monoisotopic (exact) mass is 484 g/mol. The molecule has 1 unspecified atom stereocenters. The van der Waals surface area contributed by atoms with Crippen molar-refractivity contribution in [3.63, 3.8) is 0 Å². The van der Waals surface area contributed by atoms with E-state index in [0.29, 0.717) is 24.3 Å². The highest BCUT2D eigenvalue weighted by atomic mass is 16.5. The van der Waals surface area contributed by atoms with E-state index in [1.54, 1.807) is 24.7 Å². The molecule has 0 spiro atoms. The number of nitriles is 1. The maximum absolute atomic E-state index is 12.5. The van der Waals surface area contributed by atoms with Crippen molar-refractivity contribution in [2.24, 2.45) is 0 Å². The third-order valence-corrected chi connectivity index (χ3v) is 6.11. The van der Waals surface area contributed by atoms with Gasteiger partial charge in [-0.2, -0.15) is 5.26 Å². The van der Waals surface area contributed by atoms with E-state index in [0.717, 1.165) is 39.9 Å². The highest BCUT2D eigenvalue weighted by Gasteiger charge is 2.29. The summed E-state index contributed by atoms with van der Waals surface area (Å²) in [7, 11) is 0. The van der Waals surface area contributed by atoms with Gasteiger partial charge in [0.05, 0.1) is 42.4 Å². The molecule has 0 radical (unpaired) electrons. The highest BCUT2D eigenvalue weighted by molar-refractivity contribution is 5.99. The molecule has 2 aromatic carbocycles. The molecule has 4 aromatic rings. The van der Waals surface area contributed by atoms with Crippen LogP contribution in [0.25, 0.3) is 11.1 Å². The fourth-order valence-corrected chi connectivity index (χ4v) is 4.34. The number of nitrogens with zero attached hydrogens (tertiary/aromatic N) is 4. The van der Waals surface area contributed by atoms with E-state index in [1.807, 2.05) is 90.0 Å². The lowest BCUT2D eigenvalue weighted by Crippen LogP contribution is -2.36. The van der Waals surface area contributed by atoms with Crippen LogP contribution in [0, 0.1) is 11.3 Å². The topological polar surface area (TPSA) is 79.1 Å². The van der Waals surface area contributed by atoms with Crippen LogP contribution in [-0.4, -0.2) is 22.3 Å². The highest BCUT2D eigenvalue weighted by Crippen LogP contribution is 2.35. The summed E-state index contributed by atoms with van der Waals surface area (Å²) in [6.07, 6.45) is 9.96. The molecule has 180 valence electrons. The molecule has 0 saturated carbocycles. The number of aldehydes is 1. The Morgan fingerprint density at radius 2 is 1.73 bits per heavy atom. The number of benzene rings is 2. The van der Waals surface area contributed by atoms with Crippen LogP contribution in [-0.2, 0) is 22.7 Å². The zero-order valence-corrected chi connectivity index (χ0v) is 20.1. The second-order valence-electron chi connectivity index (χ2n) is 8.57. The van der Waals surface area contributed by atoms with Crippen LogP contribution in [0.4, 0.5) is 5.69 Å². The van der Waals surface area contributed by atoms with Gasteiger partial charge in [-0.15, -0.1) is 0 Å². The van der Waals surface area contributed by atoms with Crippen molar-refractivity contribution < 1.29 is 9.53 Å². The molecule has 0 fully saturated rings. The molecule has 1 atom stereocenters. The van der Waals surface area contributed by atoms with Gasteiger partial charge in [0.1, 0.15) is 12.3 Å². The second-order valence-corrected chi connectivity index (χ2v) is 8.57. The fourth-order valence-electron chi connectivity index (χ4n) is 4.34. The second kappa shape index (κ2) is 11.3. The van der Waals surface area contributed by atoms with Crippen LogP contribution in [0.5, 0.6) is 0 Å². The number of ether oxygens (including phenoxy) is 1. The number of carbonyl (C=O) groups excluding carboxylic acids is 1. The lowest BCUT2D eigenvalue weighted by atomic mass is 9.89. The maximum atomic E-state index is 12.5. The Hall–Kier alpha value is -4.86. The number of allylic oxidation sites excluding steroid dienone is 2. The van der Waals surface area contributed by atoms with Gasteiger partial charge in [-0.25, -0.2) is 0 Å². The first-order valence-corrected chi connectivity index (χ1v) is 11.9. The van der Waals surface area contributed by atoms with Crippen LogP contribution in [0.15, 0.2) is 110 Å². The lowest BCUT2D eigenvalue weighted by Gasteiger charge is -2.33. The largest absolute Gasteiger partial charge is 0.372 e. The molecule has 0 bridgehead atoms. The van der Waals surface area contributed by atoms with Crippen LogP contribution in [0.2, 0.25) is 0 Å². The first-order valence-electron chi connectivity index (χ1n) is 11.9. The summed E-state index contributed by atoms with van der Waals surface area (Å²) in [5.74, 6) is 0.